The molecule has 1 aliphatic carbocycles. The van der Waals surface area contributed by atoms with E-state index in [-0.39, 0.29) is 17.6 Å². The lowest BCUT2D eigenvalue weighted by molar-refractivity contribution is -0.113. The maximum absolute atomic E-state index is 12.8. The Morgan fingerprint density at radius 3 is 2.97 bits per heavy atom. The van der Waals surface area contributed by atoms with Gasteiger partial charge in [-0.1, -0.05) is 41.6 Å². The number of esters is 1. The van der Waals surface area contributed by atoms with Crippen LogP contribution in [0.2, 0.25) is 5.02 Å². The fraction of sp³-hybridized carbons (Fsp3) is 0.304. The Morgan fingerprint density at radius 1 is 1.36 bits per heavy atom. The third-order valence-corrected chi connectivity index (χ3v) is 7.51. The molecular formula is C23H23ClN4O3S2. The summed E-state index contributed by atoms with van der Waals surface area (Å²) in [4.78, 5) is 26.4. The zero-order valence-corrected chi connectivity index (χ0v) is 20.5. The van der Waals surface area contributed by atoms with Gasteiger partial charge < -0.3 is 10.1 Å². The van der Waals surface area contributed by atoms with Gasteiger partial charge in [-0.15, -0.1) is 28.1 Å². The number of anilines is 1. The number of carbonyl (C=O) groups excluding carboxylic acids is 2. The van der Waals surface area contributed by atoms with Gasteiger partial charge >= 0.3 is 5.97 Å². The van der Waals surface area contributed by atoms with Crippen molar-refractivity contribution in [3.05, 3.63) is 57.9 Å². The van der Waals surface area contributed by atoms with Crippen LogP contribution >= 0.6 is 34.7 Å². The number of allylic oxidation sites excluding steroid dienone is 1. The number of thioether (sulfide) groups is 1. The van der Waals surface area contributed by atoms with Gasteiger partial charge in [-0.05, 0) is 43.9 Å². The second-order valence-electron chi connectivity index (χ2n) is 7.33. The van der Waals surface area contributed by atoms with E-state index in [2.05, 4.69) is 22.1 Å². The SMILES string of the molecule is C=CCn1c(SCC(=O)Nc2sc3c(c2C(=O)OCC)CCC3)nnc1-c1cccc(Cl)c1. The summed E-state index contributed by atoms with van der Waals surface area (Å²) in [6.45, 7) is 6.37. The number of hydrogen-bond donors (Lipinski definition) is 1. The highest BCUT2D eigenvalue weighted by Gasteiger charge is 2.28. The molecule has 2 heterocycles. The maximum atomic E-state index is 12.8. The largest absolute Gasteiger partial charge is 0.462 e. The predicted molar refractivity (Wildman–Crippen MR) is 132 cm³/mol. The van der Waals surface area contributed by atoms with Gasteiger partial charge in [-0.2, -0.15) is 0 Å². The average molecular weight is 503 g/mol. The van der Waals surface area contributed by atoms with Crippen molar-refractivity contribution in [1.82, 2.24) is 14.8 Å². The number of amides is 1. The van der Waals surface area contributed by atoms with Gasteiger partial charge in [0.2, 0.25) is 5.91 Å². The number of carbonyl (C=O) groups is 2. The smallest absolute Gasteiger partial charge is 0.341 e. The average Bonchev–Trinajstić information content (AvgIpc) is 3.47. The molecule has 0 fully saturated rings. The van der Waals surface area contributed by atoms with Crippen molar-refractivity contribution in [3.63, 3.8) is 0 Å². The first-order valence-electron chi connectivity index (χ1n) is 10.6. The van der Waals surface area contributed by atoms with E-state index in [4.69, 9.17) is 16.3 Å². The molecule has 0 radical (unpaired) electrons. The van der Waals surface area contributed by atoms with Crippen molar-refractivity contribution in [2.24, 2.45) is 0 Å². The molecule has 0 spiro atoms. The van der Waals surface area contributed by atoms with Crippen molar-refractivity contribution < 1.29 is 14.3 Å². The molecule has 3 aromatic rings. The van der Waals surface area contributed by atoms with Gasteiger partial charge in [0.15, 0.2) is 11.0 Å². The minimum atomic E-state index is -0.378. The van der Waals surface area contributed by atoms with Crippen molar-refractivity contribution in [2.75, 3.05) is 17.7 Å². The Hall–Kier alpha value is -2.62. The second kappa shape index (κ2) is 10.5. The highest BCUT2D eigenvalue weighted by atomic mass is 35.5. The fourth-order valence-electron chi connectivity index (χ4n) is 3.73. The van der Waals surface area contributed by atoms with Crippen LogP contribution in [-0.2, 0) is 28.9 Å². The highest BCUT2D eigenvalue weighted by Crippen LogP contribution is 2.39. The minimum Gasteiger partial charge on any atom is -0.462 e. The lowest BCUT2D eigenvalue weighted by Crippen LogP contribution is -2.17. The molecule has 10 heteroatoms. The molecule has 0 aliphatic heterocycles. The first kappa shape index (κ1) is 23.5. The molecule has 0 saturated carbocycles. The molecule has 0 saturated heterocycles. The normalized spacial score (nSPS) is 12.4. The zero-order valence-electron chi connectivity index (χ0n) is 18.1. The fourth-order valence-corrected chi connectivity index (χ4v) is 5.97. The Bertz CT molecular complexity index is 1200. The number of ether oxygens (including phenoxy) is 1. The van der Waals surface area contributed by atoms with Crippen molar-refractivity contribution in [1.29, 1.82) is 0 Å². The Kier molecular flexibility index (Phi) is 7.52. The van der Waals surface area contributed by atoms with Crippen molar-refractivity contribution in [3.8, 4) is 11.4 Å². The third kappa shape index (κ3) is 5.15. The standard InChI is InChI=1S/C23H23ClN4O3S2/c1-3-11-28-20(14-7-5-8-15(24)12-14)26-27-23(28)32-13-18(29)25-21-19(22(30)31-4-2)16-9-6-10-17(16)33-21/h3,5,7-8,12H,1,4,6,9-11,13H2,2H3,(H,25,29). The minimum absolute atomic E-state index is 0.121. The molecular weight excluding hydrogens is 480 g/mol. The molecule has 33 heavy (non-hydrogen) atoms. The first-order valence-corrected chi connectivity index (χ1v) is 12.7. The van der Waals surface area contributed by atoms with E-state index >= 15 is 0 Å². The van der Waals surface area contributed by atoms with E-state index in [1.165, 1.54) is 23.1 Å². The maximum Gasteiger partial charge on any atom is 0.341 e. The third-order valence-electron chi connectivity index (χ3n) is 5.10. The number of thiophene rings is 1. The molecule has 1 aliphatic rings. The predicted octanol–water partition coefficient (Wildman–Crippen LogP) is 5.24. The summed E-state index contributed by atoms with van der Waals surface area (Å²) in [7, 11) is 0. The molecule has 4 rings (SSSR count). The molecule has 0 unspecified atom stereocenters. The van der Waals surface area contributed by atoms with Crippen molar-refractivity contribution in [2.45, 2.75) is 37.9 Å². The van der Waals surface area contributed by atoms with Crippen LogP contribution in [0, 0.1) is 0 Å². The van der Waals surface area contributed by atoms with Crippen LogP contribution in [0.15, 0.2) is 42.1 Å². The summed E-state index contributed by atoms with van der Waals surface area (Å²) in [5.74, 6) is 0.176. The van der Waals surface area contributed by atoms with Crippen LogP contribution in [0.25, 0.3) is 11.4 Å². The molecule has 0 bridgehead atoms. The lowest BCUT2D eigenvalue weighted by Gasteiger charge is -2.09. The zero-order chi connectivity index (χ0) is 23.4. The number of benzene rings is 1. The molecule has 172 valence electrons. The summed E-state index contributed by atoms with van der Waals surface area (Å²) >= 11 is 8.87. The molecule has 0 atom stereocenters. The van der Waals surface area contributed by atoms with Crippen LogP contribution in [0.3, 0.4) is 0 Å². The van der Waals surface area contributed by atoms with Crippen LogP contribution < -0.4 is 5.32 Å². The van der Waals surface area contributed by atoms with E-state index < -0.39 is 0 Å². The molecule has 1 amide bonds. The number of nitrogens with one attached hydrogen (secondary N) is 1. The van der Waals surface area contributed by atoms with Crippen LogP contribution in [0.4, 0.5) is 5.00 Å². The number of fused-ring (bicyclic) bond motifs is 1. The molecule has 2 aromatic heterocycles. The number of rotatable bonds is 9. The van der Waals surface area contributed by atoms with Crippen LogP contribution in [0.1, 0.15) is 34.1 Å². The molecule has 1 aromatic carbocycles. The topological polar surface area (TPSA) is 86.1 Å². The van der Waals surface area contributed by atoms with Gasteiger partial charge in [0.1, 0.15) is 5.00 Å². The second-order valence-corrected chi connectivity index (χ2v) is 9.82. The van der Waals surface area contributed by atoms with E-state index in [1.54, 1.807) is 19.1 Å². The number of hydrogen-bond acceptors (Lipinski definition) is 7. The summed E-state index contributed by atoms with van der Waals surface area (Å²) < 4.78 is 7.12. The van der Waals surface area contributed by atoms with E-state index in [0.29, 0.717) is 39.7 Å². The summed E-state index contributed by atoms with van der Waals surface area (Å²) in [5, 5.41) is 13.2. The van der Waals surface area contributed by atoms with E-state index in [9.17, 15) is 9.59 Å². The summed E-state index contributed by atoms with van der Waals surface area (Å²) in [6, 6.07) is 7.37. The Morgan fingerprint density at radius 2 is 2.21 bits per heavy atom. The summed E-state index contributed by atoms with van der Waals surface area (Å²) in [5.41, 5.74) is 2.35. The Labute approximate surface area is 205 Å². The lowest BCUT2D eigenvalue weighted by atomic mass is 10.1. The van der Waals surface area contributed by atoms with Crippen molar-refractivity contribution >= 4 is 51.6 Å². The van der Waals surface area contributed by atoms with Gasteiger partial charge in [-0.3, -0.25) is 9.36 Å². The van der Waals surface area contributed by atoms with Gasteiger partial charge in [0.05, 0.1) is 17.9 Å². The van der Waals surface area contributed by atoms with Gasteiger partial charge in [-0.25, -0.2) is 4.79 Å². The quantitative estimate of drug-likeness (QED) is 0.244. The van der Waals surface area contributed by atoms with Gasteiger partial charge in [0.25, 0.3) is 0 Å². The Balaban J connectivity index is 1.49. The summed E-state index contributed by atoms with van der Waals surface area (Å²) in [6.07, 6.45) is 4.53. The number of halogens is 1. The first-order chi connectivity index (χ1) is 16.0. The number of aromatic nitrogens is 3. The van der Waals surface area contributed by atoms with E-state index in [1.807, 2.05) is 22.8 Å². The molecule has 1 N–H and O–H groups in total. The number of aryl methyl sites for hydroxylation is 1. The highest BCUT2D eigenvalue weighted by molar-refractivity contribution is 7.99. The van der Waals surface area contributed by atoms with Crippen LogP contribution in [-0.4, -0.2) is 39.0 Å². The number of nitrogens with zero attached hydrogens (tertiary/aromatic N) is 3. The molecule has 7 nitrogen and oxygen atoms in total. The monoisotopic (exact) mass is 502 g/mol. The van der Waals surface area contributed by atoms with E-state index in [0.717, 1.165) is 35.3 Å². The van der Waals surface area contributed by atoms with Gasteiger partial charge in [0, 0.05) is 22.0 Å². The van der Waals surface area contributed by atoms with Crippen LogP contribution in [0.5, 0.6) is 0 Å².